The van der Waals surface area contributed by atoms with E-state index in [9.17, 15) is 0 Å². The Labute approximate surface area is 104 Å². The first kappa shape index (κ1) is 12.9. The molecular formula is C10H18BrN3S. The molecule has 5 heteroatoms. The molecule has 3 nitrogen and oxygen atoms in total. The Bertz CT molecular complexity index is 299. The van der Waals surface area contributed by atoms with Gasteiger partial charge in [-0.15, -0.1) is 0 Å². The van der Waals surface area contributed by atoms with Gasteiger partial charge in [0.05, 0.1) is 0 Å². The van der Waals surface area contributed by atoms with E-state index in [4.69, 9.17) is 0 Å². The maximum absolute atomic E-state index is 4.44. The van der Waals surface area contributed by atoms with Crippen molar-refractivity contribution in [1.82, 2.24) is 9.36 Å². The highest BCUT2D eigenvalue weighted by molar-refractivity contribution is 9.09. The molecule has 2 unspecified atom stereocenters. The predicted molar refractivity (Wildman–Crippen MR) is 70.1 cm³/mol. The van der Waals surface area contributed by atoms with Gasteiger partial charge in [0.1, 0.15) is 5.82 Å². The fourth-order valence-electron chi connectivity index (χ4n) is 1.28. The largest absolute Gasteiger partial charge is 0.358 e. The van der Waals surface area contributed by atoms with Gasteiger partial charge in [-0.25, -0.2) is 4.98 Å². The fraction of sp³-hybridized carbons (Fsp3) is 0.800. The average molecular weight is 292 g/mol. The van der Waals surface area contributed by atoms with E-state index in [-0.39, 0.29) is 0 Å². The Morgan fingerprint density at radius 1 is 1.33 bits per heavy atom. The van der Waals surface area contributed by atoms with Gasteiger partial charge in [-0.05, 0) is 13.3 Å². The molecule has 1 aromatic heterocycles. The third kappa shape index (κ3) is 4.47. The third-order valence-corrected chi connectivity index (χ3v) is 3.04. The highest BCUT2D eigenvalue weighted by Gasteiger charge is 2.10. The second-order valence-corrected chi connectivity index (χ2v) is 6.49. The zero-order valence-corrected chi connectivity index (χ0v) is 12.0. The van der Waals surface area contributed by atoms with Crippen LogP contribution in [0, 0.1) is 0 Å². The van der Waals surface area contributed by atoms with Crippen LogP contribution in [-0.4, -0.2) is 20.2 Å². The molecule has 0 amide bonds. The van der Waals surface area contributed by atoms with Gasteiger partial charge >= 0.3 is 0 Å². The first-order valence-corrected chi connectivity index (χ1v) is 6.92. The smallest absolute Gasteiger partial charge is 0.202 e. The first-order chi connectivity index (χ1) is 6.99. The zero-order valence-electron chi connectivity index (χ0n) is 9.62. The molecule has 2 atom stereocenters. The Kier molecular flexibility index (Phi) is 4.99. The van der Waals surface area contributed by atoms with Gasteiger partial charge < -0.3 is 5.32 Å². The monoisotopic (exact) mass is 291 g/mol. The minimum Gasteiger partial charge on any atom is -0.358 e. The SMILES string of the molecule is CC(Br)CC(C)Nc1nc(C(C)C)ns1. The molecule has 1 heterocycles. The molecule has 0 aliphatic heterocycles. The number of nitrogens with one attached hydrogen (secondary N) is 1. The molecule has 0 radical (unpaired) electrons. The first-order valence-electron chi connectivity index (χ1n) is 5.23. The van der Waals surface area contributed by atoms with Crippen LogP contribution in [0.25, 0.3) is 0 Å². The lowest BCUT2D eigenvalue weighted by molar-refractivity contribution is 0.705. The minimum atomic E-state index is 0.405. The molecule has 15 heavy (non-hydrogen) atoms. The fourth-order valence-corrected chi connectivity index (χ4v) is 2.67. The van der Waals surface area contributed by atoms with Crippen LogP contribution >= 0.6 is 27.5 Å². The second kappa shape index (κ2) is 5.80. The second-order valence-electron chi connectivity index (χ2n) is 4.17. The van der Waals surface area contributed by atoms with Crippen molar-refractivity contribution in [3.05, 3.63) is 5.82 Å². The van der Waals surface area contributed by atoms with Crippen LogP contribution in [0.2, 0.25) is 0 Å². The van der Waals surface area contributed by atoms with E-state index in [1.165, 1.54) is 11.5 Å². The van der Waals surface area contributed by atoms with Gasteiger partial charge in [0.25, 0.3) is 0 Å². The van der Waals surface area contributed by atoms with E-state index in [0.29, 0.717) is 16.8 Å². The van der Waals surface area contributed by atoms with Crippen molar-refractivity contribution in [2.45, 2.75) is 50.9 Å². The Balaban J connectivity index is 2.49. The van der Waals surface area contributed by atoms with Crippen LogP contribution in [0.3, 0.4) is 0 Å². The number of anilines is 1. The quantitative estimate of drug-likeness (QED) is 0.842. The molecule has 1 rings (SSSR count). The molecule has 0 saturated heterocycles. The Morgan fingerprint density at radius 2 is 2.00 bits per heavy atom. The van der Waals surface area contributed by atoms with Crippen molar-refractivity contribution in [3.63, 3.8) is 0 Å². The van der Waals surface area contributed by atoms with Gasteiger partial charge in [0, 0.05) is 28.3 Å². The summed E-state index contributed by atoms with van der Waals surface area (Å²) >= 11 is 4.99. The zero-order chi connectivity index (χ0) is 11.4. The highest BCUT2D eigenvalue weighted by atomic mass is 79.9. The van der Waals surface area contributed by atoms with Crippen LogP contribution in [0.1, 0.15) is 45.9 Å². The van der Waals surface area contributed by atoms with E-state index in [1.54, 1.807) is 0 Å². The summed E-state index contributed by atoms with van der Waals surface area (Å²) in [6.45, 7) is 8.53. The van der Waals surface area contributed by atoms with Gasteiger partial charge in [-0.2, -0.15) is 4.37 Å². The molecule has 0 spiro atoms. The number of aromatic nitrogens is 2. The van der Waals surface area contributed by atoms with Gasteiger partial charge in [0.2, 0.25) is 5.13 Å². The number of nitrogens with zero attached hydrogens (tertiary/aromatic N) is 2. The van der Waals surface area contributed by atoms with Crippen molar-refractivity contribution >= 4 is 32.6 Å². The number of hydrogen-bond acceptors (Lipinski definition) is 4. The van der Waals surface area contributed by atoms with Crippen molar-refractivity contribution < 1.29 is 0 Å². The summed E-state index contributed by atoms with van der Waals surface area (Å²) in [6, 6.07) is 0.423. The summed E-state index contributed by atoms with van der Waals surface area (Å²) in [5.41, 5.74) is 0. The summed E-state index contributed by atoms with van der Waals surface area (Å²) in [6.07, 6.45) is 1.08. The summed E-state index contributed by atoms with van der Waals surface area (Å²) in [5, 5.41) is 4.29. The highest BCUT2D eigenvalue weighted by Crippen LogP contribution is 2.19. The van der Waals surface area contributed by atoms with E-state index in [2.05, 4.69) is 58.3 Å². The molecule has 1 N–H and O–H groups in total. The molecule has 1 aromatic rings. The van der Waals surface area contributed by atoms with E-state index in [1.807, 2.05) is 0 Å². The Hall–Kier alpha value is -0.160. The number of halogens is 1. The van der Waals surface area contributed by atoms with E-state index >= 15 is 0 Å². The molecule has 86 valence electrons. The maximum Gasteiger partial charge on any atom is 0.202 e. The van der Waals surface area contributed by atoms with E-state index < -0.39 is 0 Å². The lowest BCUT2D eigenvalue weighted by Crippen LogP contribution is -2.18. The average Bonchev–Trinajstić information content (AvgIpc) is 2.50. The third-order valence-electron chi connectivity index (χ3n) is 2.01. The van der Waals surface area contributed by atoms with Crippen LogP contribution in [0.4, 0.5) is 5.13 Å². The molecule has 0 aromatic carbocycles. The van der Waals surface area contributed by atoms with Crippen LogP contribution in [0.5, 0.6) is 0 Å². The van der Waals surface area contributed by atoms with Gasteiger partial charge in [-0.3, -0.25) is 0 Å². The Morgan fingerprint density at radius 3 is 2.47 bits per heavy atom. The molecule has 0 bridgehead atoms. The molecule has 0 fully saturated rings. The topological polar surface area (TPSA) is 37.8 Å². The standard InChI is InChI=1S/C10H18BrN3S/c1-6(2)9-13-10(15-14-9)12-8(4)5-7(3)11/h6-8H,5H2,1-4H3,(H,12,13,14). The van der Waals surface area contributed by atoms with Crippen LogP contribution in [-0.2, 0) is 0 Å². The van der Waals surface area contributed by atoms with Gasteiger partial charge in [-0.1, -0.05) is 36.7 Å². The lowest BCUT2D eigenvalue weighted by atomic mass is 10.2. The normalized spacial score (nSPS) is 15.3. The number of hydrogen-bond donors (Lipinski definition) is 1. The predicted octanol–water partition coefficient (Wildman–Crippen LogP) is 3.64. The molecular weight excluding hydrogens is 274 g/mol. The summed E-state index contributed by atoms with van der Waals surface area (Å²) in [4.78, 5) is 4.96. The van der Waals surface area contributed by atoms with Crippen LogP contribution in [0.15, 0.2) is 0 Å². The van der Waals surface area contributed by atoms with Crippen molar-refractivity contribution in [3.8, 4) is 0 Å². The van der Waals surface area contributed by atoms with Crippen molar-refractivity contribution in [1.29, 1.82) is 0 Å². The summed E-state index contributed by atoms with van der Waals surface area (Å²) in [5.74, 6) is 1.34. The number of rotatable bonds is 5. The lowest BCUT2D eigenvalue weighted by Gasteiger charge is -2.13. The summed E-state index contributed by atoms with van der Waals surface area (Å²) < 4.78 is 4.30. The number of alkyl halides is 1. The molecule has 0 saturated carbocycles. The summed E-state index contributed by atoms with van der Waals surface area (Å²) in [7, 11) is 0. The van der Waals surface area contributed by atoms with Crippen LogP contribution < -0.4 is 5.32 Å². The van der Waals surface area contributed by atoms with E-state index in [0.717, 1.165) is 17.4 Å². The minimum absolute atomic E-state index is 0.405. The van der Waals surface area contributed by atoms with Crippen molar-refractivity contribution in [2.75, 3.05) is 5.32 Å². The van der Waals surface area contributed by atoms with Crippen molar-refractivity contribution in [2.24, 2.45) is 0 Å². The van der Waals surface area contributed by atoms with Gasteiger partial charge in [0.15, 0.2) is 0 Å². The maximum atomic E-state index is 4.44. The molecule has 0 aliphatic rings. The molecule has 0 aliphatic carbocycles.